The summed E-state index contributed by atoms with van der Waals surface area (Å²) in [5.74, 6) is -0.509. The van der Waals surface area contributed by atoms with Crippen LogP contribution in [0.3, 0.4) is 0 Å². The SMILES string of the molecule is Cl.O=C(NOCC(O)CN1CCCCC1)c1ccc[n+]([O-])c1. The molecule has 7 nitrogen and oxygen atoms in total. The van der Waals surface area contributed by atoms with Gasteiger partial charge in [0.2, 0.25) is 0 Å². The molecule has 1 aromatic rings. The normalized spacial score (nSPS) is 16.6. The van der Waals surface area contributed by atoms with Crippen molar-refractivity contribution in [1.82, 2.24) is 10.4 Å². The molecule has 0 aliphatic carbocycles. The standard InChI is InChI=1S/C14H21N3O4.ClH/c18-13(10-16-6-2-1-3-7-16)11-21-15-14(19)12-5-4-8-17(20)9-12;/h4-5,8-9,13,18H,1-3,6-7,10-11H2,(H,15,19);1H. The smallest absolute Gasteiger partial charge is 0.280 e. The summed E-state index contributed by atoms with van der Waals surface area (Å²) in [5, 5.41) is 20.9. The van der Waals surface area contributed by atoms with Gasteiger partial charge in [0.1, 0.15) is 12.2 Å². The molecule has 2 rings (SSSR count). The predicted octanol–water partition coefficient (Wildman–Crippen LogP) is 0.250. The van der Waals surface area contributed by atoms with Crippen LogP contribution < -0.4 is 10.2 Å². The molecule has 0 aromatic carbocycles. The number of halogens is 1. The Morgan fingerprint density at radius 2 is 2.18 bits per heavy atom. The number of carbonyl (C=O) groups is 1. The second-order valence-corrected chi connectivity index (χ2v) is 5.21. The maximum Gasteiger partial charge on any atom is 0.280 e. The molecule has 1 saturated heterocycles. The number of nitrogens with one attached hydrogen (secondary N) is 1. The first kappa shape index (κ1) is 18.6. The second kappa shape index (κ2) is 9.58. The lowest BCUT2D eigenvalue weighted by atomic mass is 10.1. The topological polar surface area (TPSA) is 88.7 Å². The first-order chi connectivity index (χ1) is 10.1. The van der Waals surface area contributed by atoms with Gasteiger partial charge in [-0.1, -0.05) is 6.42 Å². The number of amides is 1. The Bertz CT molecular complexity index is 469. The van der Waals surface area contributed by atoms with Crippen molar-refractivity contribution in [3.8, 4) is 0 Å². The monoisotopic (exact) mass is 331 g/mol. The highest BCUT2D eigenvalue weighted by Gasteiger charge is 2.15. The van der Waals surface area contributed by atoms with Crippen LogP contribution in [0.25, 0.3) is 0 Å². The Hall–Kier alpha value is -1.41. The number of nitrogens with zero attached hydrogens (tertiary/aromatic N) is 2. The van der Waals surface area contributed by atoms with E-state index in [0.29, 0.717) is 11.3 Å². The number of aromatic nitrogens is 1. The van der Waals surface area contributed by atoms with Gasteiger partial charge in [-0.15, -0.1) is 12.4 Å². The molecule has 2 N–H and O–H groups in total. The van der Waals surface area contributed by atoms with Crippen LogP contribution in [0.4, 0.5) is 0 Å². The van der Waals surface area contributed by atoms with Crippen molar-refractivity contribution >= 4 is 18.3 Å². The van der Waals surface area contributed by atoms with E-state index >= 15 is 0 Å². The number of likely N-dealkylation sites (tertiary alicyclic amines) is 1. The molecule has 0 spiro atoms. The van der Waals surface area contributed by atoms with Crippen LogP contribution in [-0.4, -0.2) is 48.3 Å². The second-order valence-electron chi connectivity index (χ2n) is 5.21. The third-order valence-electron chi connectivity index (χ3n) is 3.40. The maximum atomic E-state index is 11.7. The van der Waals surface area contributed by atoms with Crippen molar-refractivity contribution in [2.75, 3.05) is 26.2 Å². The Morgan fingerprint density at radius 3 is 2.86 bits per heavy atom. The van der Waals surface area contributed by atoms with Crippen molar-refractivity contribution in [3.63, 3.8) is 0 Å². The molecule has 8 heteroatoms. The van der Waals surface area contributed by atoms with Gasteiger partial charge in [-0.25, -0.2) is 5.48 Å². The fourth-order valence-corrected chi connectivity index (χ4v) is 2.34. The van der Waals surface area contributed by atoms with E-state index in [-0.39, 0.29) is 24.6 Å². The summed E-state index contributed by atoms with van der Waals surface area (Å²) in [5.41, 5.74) is 2.43. The average Bonchev–Trinajstić information content (AvgIpc) is 2.48. The lowest BCUT2D eigenvalue weighted by Crippen LogP contribution is -2.39. The highest BCUT2D eigenvalue weighted by Crippen LogP contribution is 2.08. The number of pyridine rings is 1. The van der Waals surface area contributed by atoms with E-state index in [1.165, 1.54) is 24.8 Å². The van der Waals surface area contributed by atoms with Crippen LogP contribution >= 0.6 is 12.4 Å². The maximum absolute atomic E-state index is 11.7. The highest BCUT2D eigenvalue weighted by atomic mass is 35.5. The minimum Gasteiger partial charge on any atom is -0.619 e. The van der Waals surface area contributed by atoms with Crippen LogP contribution in [-0.2, 0) is 4.84 Å². The lowest BCUT2D eigenvalue weighted by Gasteiger charge is -2.28. The lowest BCUT2D eigenvalue weighted by molar-refractivity contribution is -0.605. The first-order valence-electron chi connectivity index (χ1n) is 7.16. The quantitative estimate of drug-likeness (QED) is 0.443. The molecule has 1 aromatic heterocycles. The summed E-state index contributed by atoms with van der Waals surface area (Å²) in [6.45, 7) is 2.56. The number of hydroxylamine groups is 1. The molecule has 2 heterocycles. The highest BCUT2D eigenvalue weighted by molar-refractivity contribution is 5.92. The molecule has 1 aliphatic rings. The van der Waals surface area contributed by atoms with Crippen LogP contribution in [0, 0.1) is 5.21 Å². The number of aliphatic hydroxyl groups is 1. The van der Waals surface area contributed by atoms with E-state index in [2.05, 4.69) is 10.4 Å². The zero-order valence-electron chi connectivity index (χ0n) is 12.3. The van der Waals surface area contributed by atoms with Crippen molar-refractivity contribution in [3.05, 3.63) is 35.3 Å². The fraction of sp³-hybridized carbons (Fsp3) is 0.571. The molecule has 0 bridgehead atoms. The number of β-amino-alcohol motifs (C(OH)–C–C–N with tert-alkyl or cyclic N) is 1. The van der Waals surface area contributed by atoms with Crippen LogP contribution in [0.5, 0.6) is 0 Å². The van der Waals surface area contributed by atoms with Gasteiger partial charge < -0.3 is 15.2 Å². The number of carbonyl (C=O) groups excluding carboxylic acids is 1. The summed E-state index contributed by atoms with van der Waals surface area (Å²) in [4.78, 5) is 18.9. The van der Waals surface area contributed by atoms with E-state index < -0.39 is 12.0 Å². The summed E-state index contributed by atoms with van der Waals surface area (Å²) in [6.07, 6.45) is 5.36. The largest absolute Gasteiger partial charge is 0.619 e. The van der Waals surface area contributed by atoms with Gasteiger partial charge in [-0.2, -0.15) is 4.73 Å². The Balaban J connectivity index is 0.00000242. The van der Waals surface area contributed by atoms with Crippen LogP contribution in [0.2, 0.25) is 0 Å². The number of hydrogen-bond acceptors (Lipinski definition) is 5. The van der Waals surface area contributed by atoms with E-state index in [9.17, 15) is 15.1 Å². The van der Waals surface area contributed by atoms with E-state index in [1.807, 2.05) is 0 Å². The van der Waals surface area contributed by atoms with Gasteiger partial charge in [0.05, 0.1) is 6.10 Å². The zero-order valence-corrected chi connectivity index (χ0v) is 13.1. The average molecular weight is 332 g/mol. The first-order valence-corrected chi connectivity index (χ1v) is 7.16. The summed E-state index contributed by atoms with van der Waals surface area (Å²) < 4.78 is 0.542. The molecule has 22 heavy (non-hydrogen) atoms. The number of hydrogen-bond donors (Lipinski definition) is 2. The molecule has 1 atom stereocenters. The van der Waals surface area contributed by atoms with Gasteiger partial charge in [0, 0.05) is 12.6 Å². The minimum atomic E-state index is -0.649. The van der Waals surface area contributed by atoms with Crippen molar-refractivity contribution in [2.24, 2.45) is 0 Å². The molecular weight excluding hydrogens is 310 g/mol. The van der Waals surface area contributed by atoms with Crippen LogP contribution in [0.1, 0.15) is 29.6 Å². The van der Waals surface area contributed by atoms with Gasteiger partial charge in [0.15, 0.2) is 12.4 Å². The van der Waals surface area contributed by atoms with Crippen molar-refractivity contribution in [2.45, 2.75) is 25.4 Å². The molecule has 1 aliphatic heterocycles. The summed E-state index contributed by atoms with van der Waals surface area (Å²) in [7, 11) is 0. The fourth-order valence-electron chi connectivity index (χ4n) is 2.34. The van der Waals surface area contributed by atoms with E-state index in [0.717, 1.165) is 32.1 Å². The van der Waals surface area contributed by atoms with Crippen LogP contribution in [0.15, 0.2) is 24.5 Å². The molecule has 124 valence electrons. The van der Waals surface area contributed by atoms with Gasteiger partial charge >= 0.3 is 0 Å². The van der Waals surface area contributed by atoms with Gasteiger partial charge in [-0.05, 0) is 32.0 Å². The zero-order chi connectivity index (χ0) is 15.1. The summed E-state index contributed by atoms with van der Waals surface area (Å²) in [6, 6.07) is 2.99. The minimum absolute atomic E-state index is 0. The molecule has 0 radical (unpaired) electrons. The van der Waals surface area contributed by atoms with E-state index in [1.54, 1.807) is 0 Å². The molecule has 0 saturated carbocycles. The predicted molar refractivity (Wildman–Crippen MR) is 82.4 cm³/mol. The Kier molecular flexibility index (Phi) is 8.11. The molecular formula is C14H22ClN3O4. The third kappa shape index (κ3) is 6.15. The summed E-state index contributed by atoms with van der Waals surface area (Å²) >= 11 is 0. The van der Waals surface area contributed by atoms with E-state index in [4.69, 9.17) is 4.84 Å². The van der Waals surface area contributed by atoms with Crippen molar-refractivity contribution < 1.29 is 19.5 Å². The number of rotatable bonds is 6. The molecule has 1 amide bonds. The van der Waals surface area contributed by atoms with Gasteiger partial charge in [0.25, 0.3) is 5.91 Å². The number of piperidine rings is 1. The Morgan fingerprint density at radius 1 is 1.45 bits per heavy atom. The molecule has 1 fully saturated rings. The Labute approximate surface area is 135 Å². The molecule has 1 unspecified atom stereocenters. The number of aliphatic hydroxyl groups excluding tert-OH is 1. The third-order valence-corrected chi connectivity index (χ3v) is 3.40. The van der Waals surface area contributed by atoms with Gasteiger partial charge in [-0.3, -0.25) is 9.63 Å². The van der Waals surface area contributed by atoms with Crippen molar-refractivity contribution in [1.29, 1.82) is 0 Å².